The van der Waals surface area contributed by atoms with Crippen molar-refractivity contribution in [1.82, 2.24) is 9.80 Å². The maximum Gasteiger partial charge on any atom is 0.130 e. The Kier molecular flexibility index (Phi) is 7.10. The second kappa shape index (κ2) is 9.98. The number of halogens is 1. The van der Waals surface area contributed by atoms with Crippen molar-refractivity contribution in [1.29, 1.82) is 0 Å². The van der Waals surface area contributed by atoms with Gasteiger partial charge in [0.2, 0.25) is 0 Å². The van der Waals surface area contributed by atoms with Crippen molar-refractivity contribution < 1.29 is 18.6 Å². The van der Waals surface area contributed by atoms with Gasteiger partial charge in [-0.1, -0.05) is 12.1 Å². The molecule has 0 saturated carbocycles. The highest BCUT2D eigenvalue weighted by atomic mass is 19.1. The molecule has 0 aromatic heterocycles. The third-order valence-corrected chi connectivity index (χ3v) is 6.37. The molecule has 0 bridgehead atoms. The van der Waals surface area contributed by atoms with Gasteiger partial charge in [-0.15, -0.1) is 0 Å². The maximum atomic E-state index is 14.8. The van der Waals surface area contributed by atoms with Crippen LogP contribution >= 0.6 is 0 Å². The molecule has 4 rings (SSSR count). The van der Waals surface area contributed by atoms with Gasteiger partial charge in [-0.3, -0.25) is 4.90 Å². The Labute approximate surface area is 184 Å². The van der Waals surface area contributed by atoms with Crippen LogP contribution < -0.4 is 9.47 Å². The molecule has 0 aliphatic carbocycles. The van der Waals surface area contributed by atoms with Crippen molar-refractivity contribution in [2.24, 2.45) is 0 Å². The van der Waals surface area contributed by atoms with E-state index in [4.69, 9.17) is 14.2 Å². The van der Waals surface area contributed by atoms with Gasteiger partial charge in [0.15, 0.2) is 0 Å². The van der Waals surface area contributed by atoms with Crippen LogP contribution in [0.4, 0.5) is 4.39 Å². The number of benzene rings is 2. The van der Waals surface area contributed by atoms with Gasteiger partial charge in [-0.2, -0.15) is 0 Å². The van der Waals surface area contributed by atoms with Gasteiger partial charge in [0.25, 0.3) is 0 Å². The zero-order chi connectivity index (χ0) is 21.8. The molecule has 0 N–H and O–H groups in total. The number of morpholine rings is 1. The summed E-state index contributed by atoms with van der Waals surface area (Å²) >= 11 is 0. The first-order chi connectivity index (χ1) is 15.0. The molecule has 2 atom stereocenters. The van der Waals surface area contributed by atoms with Gasteiger partial charge < -0.3 is 19.1 Å². The Balaban J connectivity index is 1.42. The number of methoxy groups -OCH3 is 1. The molecule has 0 spiro atoms. The first kappa shape index (κ1) is 22.1. The summed E-state index contributed by atoms with van der Waals surface area (Å²) in [7, 11) is 3.63. The normalized spacial score (nSPS) is 22.2. The van der Waals surface area contributed by atoms with Crippen LogP contribution in [0.3, 0.4) is 0 Å². The Morgan fingerprint density at radius 3 is 2.71 bits per heavy atom. The van der Waals surface area contributed by atoms with Crippen LogP contribution in [-0.4, -0.2) is 69.5 Å². The fourth-order valence-electron chi connectivity index (χ4n) is 4.65. The molecule has 2 aromatic rings. The van der Waals surface area contributed by atoms with Crippen LogP contribution in [0.2, 0.25) is 0 Å². The van der Waals surface area contributed by atoms with Gasteiger partial charge in [0, 0.05) is 44.2 Å². The SMILES string of the molecule is COc1ccc(C2CN(C)Cc3cc(OCCCN4CCOC[C@@H]4C)ccc32)c(F)c1. The first-order valence-electron chi connectivity index (χ1n) is 11.1. The average molecular weight is 429 g/mol. The van der Waals surface area contributed by atoms with Crippen molar-refractivity contribution in [3.05, 3.63) is 58.9 Å². The molecule has 2 aromatic carbocycles. The smallest absolute Gasteiger partial charge is 0.130 e. The van der Waals surface area contributed by atoms with Crippen molar-refractivity contribution in [3.8, 4) is 11.5 Å². The lowest BCUT2D eigenvalue weighted by atomic mass is 9.84. The molecular formula is C25H33FN2O3. The number of fused-ring (bicyclic) bond motifs is 1. The van der Waals surface area contributed by atoms with E-state index in [1.54, 1.807) is 7.11 Å². The summed E-state index contributed by atoms with van der Waals surface area (Å²) in [5.74, 6) is 1.21. The average Bonchev–Trinajstić information content (AvgIpc) is 2.77. The first-order valence-corrected chi connectivity index (χ1v) is 11.1. The molecule has 31 heavy (non-hydrogen) atoms. The standard InChI is InChI=1S/C25H33FN2O3/c1-18-17-30-12-10-28(18)9-4-11-31-21-6-7-22-19(13-21)15-27(2)16-24(22)23-8-5-20(29-3)14-25(23)26/h5-8,13-14,18,24H,4,9-12,15-17H2,1-3H3/t18-,24?/m0/s1. The van der Waals surface area contributed by atoms with Gasteiger partial charge in [-0.25, -0.2) is 4.39 Å². The summed E-state index contributed by atoms with van der Waals surface area (Å²) < 4.78 is 31.5. The lowest BCUT2D eigenvalue weighted by Crippen LogP contribution is -2.44. The molecule has 1 fully saturated rings. The second-order valence-electron chi connectivity index (χ2n) is 8.66. The number of likely N-dealkylation sites (N-methyl/N-ethyl adjacent to an activating group) is 1. The van der Waals surface area contributed by atoms with Gasteiger partial charge in [0.05, 0.1) is 26.9 Å². The second-order valence-corrected chi connectivity index (χ2v) is 8.66. The van der Waals surface area contributed by atoms with E-state index in [0.717, 1.165) is 51.6 Å². The van der Waals surface area contributed by atoms with Crippen molar-refractivity contribution in [2.45, 2.75) is 31.8 Å². The van der Waals surface area contributed by atoms with Crippen molar-refractivity contribution in [2.75, 3.05) is 53.6 Å². The summed E-state index contributed by atoms with van der Waals surface area (Å²) in [5.41, 5.74) is 3.09. The van der Waals surface area contributed by atoms with Crippen LogP contribution in [0.1, 0.15) is 36.0 Å². The van der Waals surface area contributed by atoms with Crippen LogP contribution in [0, 0.1) is 5.82 Å². The van der Waals surface area contributed by atoms with E-state index in [-0.39, 0.29) is 11.7 Å². The Bertz CT molecular complexity index is 891. The fourth-order valence-corrected chi connectivity index (χ4v) is 4.65. The van der Waals surface area contributed by atoms with Gasteiger partial charge in [0.1, 0.15) is 17.3 Å². The number of ether oxygens (including phenoxy) is 3. The molecule has 5 nitrogen and oxygen atoms in total. The lowest BCUT2D eigenvalue weighted by Gasteiger charge is -2.33. The van der Waals surface area contributed by atoms with Crippen LogP contribution in [-0.2, 0) is 11.3 Å². The van der Waals surface area contributed by atoms with Crippen LogP contribution in [0.25, 0.3) is 0 Å². The third-order valence-electron chi connectivity index (χ3n) is 6.37. The predicted octanol–water partition coefficient (Wildman–Crippen LogP) is 3.90. The number of nitrogens with zero attached hydrogens (tertiary/aromatic N) is 2. The maximum absolute atomic E-state index is 14.8. The molecule has 1 saturated heterocycles. The van der Waals surface area contributed by atoms with Crippen molar-refractivity contribution >= 4 is 0 Å². The minimum absolute atomic E-state index is 0.00323. The Morgan fingerprint density at radius 1 is 1.13 bits per heavy atom. The zero-order valence-electron chi connectivity index (χ0n) is 18.8. The predicted molar refractivity (Wildman–Crippen MR) is 120 cm³/mol. The highest BCUT2D eigenvalue weighted by Gasteiger charge is 2.27. The number of hydrogen-bond acceptors (Lipinski definition) is 5. The van der Waals surface area contributed by atoms with Crippen LogP contribution in [0.5, 0.6) is 11.5 Å². The molecule has 0 radical (unpaired) electrons. The fraction of sp³-hybridized carbons (Fsp3) is 0.520. The number of hydrogen-bond donors (Lipinski definition) is 0. The van der Waals surface area contributed by atoms with Gasteiger partial charge >= 0.3 is 0 Å². The van der Waals surface area contributed by atoms with E-state index >= 15 is 0 Å². The molecule has 6 heteroatoms. The number of rotatable bonds is 7. The minimum atomic E-state index is -0.219. The summed E-state index contributed by atoms with van der Waals surface area (Å²) in [6, 6.07) is 11.9. The largest absolute Gasteiger partial charge is 0.497 e. The molecular weight excluding hydrogens is 395 g/mol. The van der Waals surface area contributed by atoms with Crippen molar-refractivity contribution in [3.63, 3.8) is 0 Å². The molecule has 0 amide bonds. The zero-order valence-corrected chi connectivity index (χ0v) is 18.8. The third kappa shape index (κ3) is 5.20. The molecule has 2 heterocycles. The Morgan fingerprint density at radius 2 is 1.94 bits per heavy atom. The summed E-state index contributed by atoms with van der Waals surface area (Å²) in [4.78, 5) is 4.70. The topological polar surface area (TPSA) is 34.2 Å². The van der Waals surface area contributed by atoms with E-state index in [9.17, 15) is 4.39 Å². The lowest BCUT2D eigenvalue weighted by molar-refractivity contribution is -0.00201. The van der Waals surface area contributed by atoms with E-state index in [1.807, 2.05) is 18.2 Å². The summed E-state index contributed by atoms with van der Waals surface area (Å²) in [5, 5.41) is 0. The van der Waals surface area contributed by atoms with E-state index in [0.29, 0.717) is 24.0 Å². The monoisotopic (exact) mass is 428 g/mol. The molecule has 2 aliphatic heterocycles. The quantitative estimate of drug-likeness (QED) is 0.625. The van der Waals surface area contributed by atoms with Crippen LogP contribution in [0.15, 0.2) is 36.4 Å². The van der Waals surface area contributed by atoms with Gasteiger partial charge in [-0.05, 0) is 55.3 Å². The molecule has 2 aliphatic rings. The van der Waals surface area contributed by atoms with E-state index in [1.165, 1.54) is 17.2 Å². The minimum Gasteiger partial charge on any atom is -0.497 e. The Hall–Kier alpha value is -2.15. The molecule has 168 valence electrons. The highest BCUT2D eigenvalue weighted by Crippen LogP contribution is 2.36. The molecule has 1 unspecified atom stereocenters. The summed E-state index contributed by atoms with van der Waals surface area (Å²) in [6.45, 7) is 8.18. The van der Waals surface area contributed by atoms with E-state index < -0.39 is 0 Å². The summed E-state index contributed by atoms with van der Waals surface area (Å²) in [6.07, 6.45) is 0.987. The highest BCUT2D eigenvalue weighted by molar-refractivity contribution is 5.45. The van der Waals surface area contributed by atoms with E-state index in [2.05, 4.69) is 35.9 Å².